The van der Waals surface area contributed by atoms with E-state index >= 15 is 0 Å². The molecule has 0 saturated carbocycles. The number of nitrogens with zero attached hydrogens (tertiary/aromatic N) is 1. The molecule has 0 aliphatic carbocycles. The maximum Gasteiger partial charge on any atom is 0.243 e. The summed E-state index contributed by atoms with van der Waals surface area (Å²) in [5, 5.41) is 0. The Kier molecular flexibility index (Phi) is 5.39. The molecule has 1 atom stereocenters. The van der Waals surface area contributed by atoms with E-state index in [4.69, 9.17) is 4.74 Å². The van der Waals surface area contributed by atoms with Crippen molar-refractivity contribution in [1.29, 1.82) is 0 Å². The third kappa shape index (κ3) is 4.19. The highest BCUT2D eigenvalue weighted by molar-refractivity contribution is 7.89. The molecule has 1 aliphatic rings. The smallest absolute Gasteiger partial charge is 0.243 e. The number of halogens is 1. The molecule has 3 rings (SSSR count). The van der Waals surface area contributed by atoms with Gasteiger partial charge in [-0.25, -0.2) is 12.8 Å². The summed E-state index contributed by atoms with van der Waals surface area (Å²) in [7, 11) is -3.59. The first-order valence-corrected chi connectivity index (χ1v) is 9.85. The molecule has 2 aromatic rings. The Morgan fingerprint density at radius 1 is 1.16 bits per heavy atom. The molecule has 1 aliphatic heterocycles. The monoisotopic (exact) mass is 363 g/mol. The lowest BCUT2D eigenvalue weighted by Gasteiger charge is -2.32. The highest BCUT2D eigenvalue weighted by Crippen LogP contribution is 2.25. The second kappa shape index (κ2) is 7.54. The van der Waals surface area contributed by atoms with Crippen molar-refractivity contribution in [2.75, 3.05) is 19.7 Å². The number of hydrogen-bond donors (Lipinski definition) is 0. The van der Waals surface area contributed by atoms with E-state index in [9.17, 15) is 12.8 Å². The van der Waals surface area contributed by atoms with Gasteiger partial charge in [-0.3, -0.25) is 0 Å². The van der Waals surface area contributed by atoms with Crippen LogP contribution in [0.1, 0.15) is 18.4 Å². The SMILES string of the molecule is Cc1ccccc1OCC1CCCN(S(=O)(=O)c2ccc(F)cc2)C1. The highest BCUT2D eigenvalue weighted by Gasteiger charge is 2.30. The predicted molar refractivity (Wildman–Crippen MR) is 94.6 cm³/mol. The van der Waals surface area contributed by atoms with E-state index in [2.05, 4.69) is 0 Å². The van der Waals surface area contributed by atoms with Crippen LogP contribution in [-0.2, 0) is 10.0 Å². The molecule has 0 radical (unpaired) electrons. The van der Waals surface area contributed by atoms with Crippen LogP contribution in [0.25, 0.3) is 0 Å². The second-order valence-electron chi connectivity index (χ2n) is 6.40. The minimum absolute atomic E-state index is 0.134. The molecule has 1 unspecified atom stereocenters. The Morgan fingerprint density at radius 2 is 1.88 bits per heavy atom. The van der Waals surface area contributed by atoms with E-state index < -0.39 is 15.8 Å². The van der Waals surface area contributed by atoms with Crippen molar-refractivity contribution in [3.8, 4) is 5.75 Å². The van der Waals surface area contributed by atoms with Crippen LogP contribution in [0.15, 0.2) is 53.4 Å². The fourth-order valence-electron chi connectivity index (χ4n) is 3.06. The van der Waals surface area contributed by atoms with Crippen LogP contribution >= 0.6 is 0 Å². The Balaban J connectivity index is 1.66. The summed E-state index contributed by atoms with van der Waals surface area (Å²) in [5.41, 5.74) is 1.06. The van der Waals surface area contributed by atoms with Crippen LogP contribution in [0, 0.1) is 18.7 Å². The molecular formula is C19H22FNO3S. The third-order valence-electron chi connectivity index (χ3n) is 4.50. The molecule has 4 nitrogen and oxygen atoms in total. The van der Waals surface area contributed by atoms with E-state index in [1.165, 1.54) is 28.6 Å². The molecule has 0 N–H and O–H groups in total. The zero-order valence-corrected chi connectivity index (χ0v) is 15.0. The minimum Gasteiger partial charge on any atom is -0.493 e. The molecule has 6 heteroatoms. The molecule has 0 aromatic heterocycles. The summed E-state index contributed by atoms with van der Waals surface area (Å²) in [6.07, 6.45) is 1.73. The van der Waals surface area contributed by atoms with Gasteiger partial charge in [-0.1, -0.05) is 18.2 Å². The van der Waals surface area contributed by atoms with Crippen LogP contribution in [0.5, 0.6) is 5.75 Å². The normalized spacial score (nSPS) is 18.9. The van der Waals surface area contributed by atoms with Crippen molar-refractivity contribution in [2.24, 2.45) is 5.92 Å². The second-order valence-corrected chi connectivity index (χ2v) is 8.34. The maximum absolute atomic E-state index is 13.0. The first kappa shape index (κ1) is 17.9. The Bertz CT molecular complexity index is 821. The van der Waals surface area contributed by atoms with Gasteiger partial charge in [0.1, 0.15) is 11.6 Å². The average molecular weight is 363 g/mol. The van der Waals surface area contributed by atoms with Crippen LogP contribution in [0.3, 0.4) is 0 Å². The Morgan fingerprint density at radius 3 is 2.60 bits per heavy atom. The van der Waals surface area contributed by atoms with Crippen molar-refractivity contribution in [3.05, 3.63) is 59.9 Å². The van der Waals surface area contributed by atoms with Crippen LogP contribution in [0.4, 0.5) is 4.39 Å². The largest absolute Gasteiger partial charge is 0.493 e. The van der Waals surface area contributed by atoms with Gasteiger partial charge < -0.3 is 4.74 Å². The molecule has 1 heterocycles. The van der Waals surface area contributed by atoms with Gasteiger partial charge in [-0.15, -0.1) is 0 Å². The van der Waals surface area contributed by atoms with Crippen molar-refractivity contribution >= 4 is 10.0 Å². The van der Waals surface area contributed by atoms with E-state index in [1.807, 2.05) is 31.2 Å². The maximum atomic E-state index is 13.0. The molecule has 1 fully saturated rings. The van der Waals surface area contributed by atoms with Crippen molar-refractivity contribution in [1.82, 2.24) is 4.31 Å². The van der Waals surface area contributed by atoms with Crippen LogP contribution in [0.2, 0.25) is 0 Å². The van der Waals surface area contributed by atoms with Crippen molar-refractivity contribution < 1.29 is 17.5 Å². The van der Waals surface area contributed by atoms with Gasteiger partial charge in [0.25, 0.3) is 0 Å². The van der Waals surface area contributed by atoms with Gasteiger partial charge in [0.15, 0.2) is 0 Å². The Labute approximate surface area is 148 Å². The van der Waals surface area contributed by atoms with E-state index in [1.54, 1.807) is 0 Å². The van der Waals surface area contributed by atoms with E-state index in [0.717, 1.165) is 24.2 Å². The molecule has 0 bridgehead atoms. The van der Waals surface area contributed by atoms with Gasteiger partial charge in [0.2, 0.25) is 10.0 Å². The number of benzene rings is 2. The summed E-state index contributed by atoms with van der Waals surface area (Å²) in [6, 6.07) is 12.8. The number of aryl methyl sites for hydroxylation is 1. The van der Waals surface area contributed by atoms with E-state index in [-0.39, 0.29) is 10.8 Å². The van der Waals surface area contributed by atoms with Crippen LogP contribution < -0.4 is 4.74 Å². The molecule has 0 amide bonds. The number of rotatable bonds is 5. The van der Waals surface area contributed by atoms with Gasteiger partial charge in [0.05, 0.1) is 11.5 Å². The van der Waals surface area contributed by atoms with Gasteiger partial charge in [-0.05, 0) is 55.7 Å². The molecule has 2 aromatic carbocycles. The predicted octanol–water partition coefficient (Wildman–Crippen LogP) is 3.61. The summed E-state index contributed by atoms with van der Waals surface area (Å²) in [4.78, 5) is 0.134. The van der Waals surface area contributed by atoms with Gasteiger partial charge in [-0.2, -0.15) is 4.31 Å². The number of hydrogen-bond acceptors (Lipinski definition) is 3. The summed E-state index contributed by atoms with van der Waals surface area (Å²) >= 11 is 0. The summed E-state index contributed by atoms with van der Waals surface area (Å²) < 4.78 is 45.9. The molecular weight excluding hydrogens is 341 g/mol. The summed E-state index contributed by atoms with van der Waals surface area (Å²) in [6.45, 7) is 3.38. The topological polar surface area (TPSA) is 46.6 Å². The Hall–Kier alpha value is -1.92. The van der Waals surface area contributed by atoms with Crippen molar-refractivity contribution in [3.63, 3.8) is 0 Å². The standard InChI is InChI=1S/C19H22FNO3S/c1-15-5-2-3-7-19(15)24-14-16-6-4-12-21(13-16)25(22,23)18-10-8-17(20)9-11-18/h2-3,5,7-11,16H,4,6,12-14H2,1H3. The number of para-hydroxylation sites is 1. The zero-order chi connectivity index (χ0) is 17.9. The van der Waals surface area contributed by atoms with E-state index in [0.29, 0.717) is 19.7 Å². The lowest BCUT2D eigenvalue weighted by Crippen LogP contribution is -2.41. The van der Waals surface area contributed by atoms with Crippen LogP contribution in [-0.4, -0.2) is 32.4 Å². The first-order chi connectivity index (χ1) is 12.0. The summed E-state index contributed by atoms with van der Waals surface area (Å²) in [5.74, 6) is 0.534. The number of sulfonamides is 1. The number of ether oxygens (including phenoxy) is 1. The molecule has 134 valence electrons. The first-order valence-electron chi connectivity index (χ1n) is 8.41. The lowest BCUT2D eigenvalue weighted by molar-refractivity contribution is 0.179. The zero-order valence-electron chi connectivity index (χ0n) is 14.2. The lowest BCUT2D eigenvalue weighted by atomic mass is 10.0. The highest BCUT2D eigenvalue weighted by atomic mass is 32.2. The van der Waals surface area contributed by atoms with Gasteiger partial charge >= 0.3 is 0 Å². The third-order valence-corrected chi connectivity index (χ3v) is 6.38. The van der Waals surface area contributed by atoms with Gasteiger partial charge in [0, 0.05) is 19.0 Å². The molecule has 1 saturated heterocycles. The van der Waals surface area contributed by atoms with Crippen molar-refractivity contribution in [2.45, 2.75) is 24.7 Å². The fraction of sp³-hybridized carbons (Fsp3) is 0.368. The quantitative estimate of drug-likeness (QED) is 0.815. The fourth-order valence-corrected chi connectivity index (χ4v) is 4.62. The average Bonchev–Trinajstić information content (AvgIpc) is 2.62. The minimum atomic E-state index is -3.59. The number of piperidine rings is 1. The molecule has 25 heavy (non-hydrogen) atoms. The molecule has 0 spiro atoms.